The van der Waals surface area contributed by atoms with Crippen molar-refractivity contribution >= 4 is 45.6 Å². The van der Waals surface area contributed by atoms with E-state index in [-0.39, 0.29) is 22.9 Å². The number of thiazole rings is 1. The molecule has 146 valence electrons. The number of anilines is 2. The number of rotatable bonds is 6. The van der Waals surface area contributed by atoms with Gasteiger partial charge in [0.05, 0.1) is 16.3 Å². The summed E-state index contributed by atoms with van der Waals surface area (Å²) in [4.78, 5) is 40.9. The minimum Gasteiger partial charge on any atom is -0.289 e. The Morgan fingerprint density at radius 2 is 1.90 bits per heavy atom. The van der Waals surface area contributed by atoms with E-state index < -0.39 is 4.92 Å². The molecule has 2 aromatic carbocycles. The van der Waals surface area contributed by atoms with E-state index in [1.807, 2.05) is 30.3 Å². The topological polar surface area (TPSA) is 93.4 Å². The van der Waals surface area contributed by atoms with Crippen molar-refractivity contribution in [2.24, 2.45) is 0 Å². The summed E-state index contributed by atoms with van der Waals surface area (Å²) >= 11 is 1.28. The van der Waals surface area contributed by atoms with E-state index >= 15 is 0 Å². The Morgan fingerprint density at radius 1 is 1.17 bits per heavy atom. The fraction of sp³-hybridized carbons (Fsp3) is 0.0952. The van der Waals surface area contributed by atoms with Crippen molar-refractivity contribution in [2.75, 3.05) is 4.90 Å². The number of ketones is 1. The van der Waals surface area contributed by atoms with Gasteiger partial charge < -0.3 is 0 Å². The predicted molar refractivity (Wildman–Crippen MR) is 113 cm³/mol. The second-order valence-corrected chi connectivity index (χ2v) is 7.04. The Balaban J connectivity index is 1.81. The van der Waals surface area contributed by atoms with Crippen LogP contribution in [0.2, 0.25) is 0 Å². The fourth-order valence-corrected chi connectivity index (χ4v) is 3.53. The van der Waals surface area contributed by atoms with Crippen molar-refractivity contribution in [1.29, 1.82) is 0 Å². The highest BCUT2D eigenvalue weighted by Crippen LogP contribution is 2.29. The zero-order valence-corrected chi connectivity index (χ0v) is 16.6. The van der Waals surface area contributed by atoms with Gasteiger partial charge in [-0.3, -0.25) is 24.6 Å². The Bertz CT molecular complexity index is 1110. The van der Waals surface area contributed by atoms with Crippen LogP contribution in [0, 0.1) is 17.0 Å². The van der Waals surface area contributed by atoms with E-state index in [1.165, 1.54) is 41.4 Å². The van der Waals surface area contributed by atoms with Crippen molar-refractivity contribution in [2.45, 2.75) is 13.8 Å². The lowest BCUT2D eigenvalue weighted by molar-refractivity contribution is -0.385. The maximum Gasteiger partial charge on any atom is 0.273 e. The molecular weight excluding hydrogens is 390 g/mol. The van der Waals surface area contributed by atoms with Crippen LogP contribution in [0.1, 0.15) is 28.5 Å². The number of nitro benzene ring substituents is 1. The highest BCUT2D eigenvalue weighted by atomic mass is 32.1. The van der Waals surface area contributed by atoms with Crippen molar-refractivity contribution in [3.63, 3.8) is 0 Å². The number of amides is 1. The lowest BCUT2D eigenvalue weighted by Crippen LogP contribution is -2.22. The molecule has 0 fully saturated rings. The van der Waals surface area contributed by atoms with Crippen LogP contribution in [0.5, 0.6) is 0 Å². The molecule has 29 heavy (non-hydrogen) atoms. The van der Waals surface area contributed by atoms with E-state index in [2.05, 4.69) is 4.98 Å². The third-order valence-electron chi connectivity index (χ3n) is 4.13. The van der Waals surface area contributed by atoms with E-state index in [0.717, 1.165) is 0 Å². The van der Waals surface area contributed by atoms with Gasteiger partial charge in [-0.1, -0.05) is 30.3 Å². The average molecular weight is 407 g/mol. The molecule has 1 heterocycles. The highest BCUT2D eigenvalue weighted by Gasteiger charge is 2.17. The number of nitrogens with zero attached hydrogens (tertiary/aromatic N) is 3. The largest absolute Gasteiger partial charge is 0.289 e. The smallest absolute Gasteiger partial charge is 0.273 e. The number of aromatic nitrogens is 1. The summed E-state index contributed by atoms with van der Waals surface area (Å²) in [6.07, 6.45) is 2.84. The van der Waals surface area contributed by atoms with E-state index in [9.17, 15) is 19.7 Å². The van der Waals surface area contributed by atoms with Gasteiger partial charge in [0.2, 0.25) is 5.91 Å². The summed E-state index contributed by atoms with van der Waals surface area (Å²) in [5.41, 5.74) is 1.84. The van der Waals surface area contributed by atoms with Gasteiger partial charge in [0.15, 0.2) is 10.9 Å². The van der Waals surface area contributed by atoms with Crippen LogP contribution in [0.25, 0.3) is 6.08 Å². The number of para-hydroxylation sites is 1. The standard InChI is InChI=1S/C21H17N3O4S/c1-14-8-9-16(12-19(14)24(27)28)20(26)11-10-17-13-29-21(22-17)23(15(2)25)18-6-4-3-5-7-18/h3-13H,1-2H3/b11-10+. The van der Waals surface area contributed by atoms with Gasteiger partial charge >= 0.3 is 0 Å². The van der Waals surface area contributed by atoms with E-state index in [4.69, 9.17) is 0 Å². The first kappa shape index (κ1) is 20.1. The van der Waals surface area contributed by atoms with Crippen LogP contribution in [0.3, 0.4) is 0 Å². The number of hydrogen-bond acceptors (Lipinski definition) is 6. The summed E-state index contributed by atoms with van der Waals surface area (Å²) in [6, 6.07) is 13.5. The van der Waals surface area contributed by atoms with Crippen LogP contribution in [-0.4, -0.2) is 21.6 Å². The van der Waals surface area contributed by atoms with Gasteiger partial charge in [-0.2, -0.15) is 0 Å². The first-order chi connectivity index (χ1) is 13.9. The number of carbonyl (C=O) groups is 2. The summed E-state index contributed by atoms with van der Waals surface area (Å²) in [5, 5.41) is 13.3. The van der Waals surface area contributed by atoms with Crippen LogP contribution in [0.15, 0.2) is 60.0 Å². The predicted octanol–water partition coefficient (Wildman–Crippen LogP) is 4.94. The highest BCUT2D eigenvalue weighted by molar-refractivity contribution is 7.14. The third-order valence-corrected chi connectivity index (χ3v) is 4.97. The van der Waals surface area contributed by atoms with Crippen LogP contribution >= 0.6 is 11.3 Å². The molecule has 0 N–H and O–H groups in total. The lowest BCUT2D eigenvalue weighted by atomic mass is 10.1. The molecule has 0 aliphatic carbocycles. The van der Waals surface area contributed by atoms with Crippen molar-refractivity contribution in [3.05, 3.63) is 86.9 Å². The van der Waals surface area contributed by atoms with Crippen LogP contribution in [-0.2, 0) is 4.79 Å². The van der Waals surface area contributed by atoms with Gasteiger partial charge in [0.25, 0.3) is 5.69 Å². The first-order valence-corrected chi connectivity index (χ1v) is 9.53. The van der Waals surface area contributed by atoms with E-state index in [0.29, 0.717) is 22.1 Å². The normalized spacial score (nSPS) is 10.8. The van der Waals surface area contributed by atoms with Gasteiger partial charge in [0.1, 0.15) is 0 Å². The monoisotopic (exact) mass is 407 g/mol. The molecule has 0 radical (unpaired) electrons. The van der Waals surface area contributed by atoms with Gasteiger partial charge in [0, 0.05) is 29.5 Å². The summed E-state index contributed by atoms with van der Waals surface area (Å²) < 4.78 is 0. The minimum absolute atomic E-state index is 0.0971. The summed E-state index contributed by atoms with van der Waals surface area (Å²) in [6.45, 7) is 3.07. The Labute approximate surface area is 171 Å². The number of aryl methyl sites for hydroxylation is 1. The summed E-state index contributed by atoms with van der Waals surface area (Å²) in [7, 11) is 0. The van der Waals surface area contributed by atoms with Crippen molar-refractivity contribution < 1.29 is 14.5 Å². The maximum atomic E-state index is 12.4. The van der Waals surface area contributed by atoms with Crippen molar-refractivity contribution in [3.8, 4) is 0 Å². The molecule has 7 nitrogen and oxygen atoms in total. The van der Waals surface area contributed by atoms with Gasteiger partial charge in [-0.15, -0.1) is 11.3 Å². The zero-order chi connectivity index (χ0) is 21.0. The molecule has 0 aliphatic heterocycles. The molecule has 1 aromatic heterocycles. The molecule has 0 saturated heterocycles. The third kappa shape index (κ3) is 4.61. The molecular formula is C21H17N3O4S. The van der Waals surface area contributed by atoms with Crippen LogP contribution in [0.4, 0.5) is 16.5 Å². The molecule has 0 saturated carbocycles. The zero-order valence-electron chi connectivity index (χ0n) is 15.7. The maximum absolute atomic E-state index is 12.4. The Hall–Kier alpha value is -3.65. The second-order valence-electron chi connectivity index (χ2n) is 6.20. The number of hydrogen-bond donors (Lipinski definition) is 0. The number of benzene rings is 2. The van der Waals surface area contributed by atoms with Crippen molar-refractivity contribution in [1.82, 2.24) is 4.98 Å². The quantitative estimate of drug-likeness (QED) is 0.250. The van der Waals surface area contributed by atoms with E-state index in [1.54, 1.807) is 24.4 Å². The second kappa shape index (κ2) is 8.57. The number of allylic oxidation sites excluding steroid dienone is 1. The number of carbonyl (C=O) groups excluding carboxylic acids is 2. The molecule has 0 aliphatic rings. The Kier molecular flexibility index (Phi) is 5.94. The molecule has 0 unspecified atom stereocenters. The molecule has 8 heteroatoms. The molecule has 1 amide bonds. The van der Waals surface area contributed by atoms with Gasteiger partial charge in [-0.05, 0) is 31.2 Å². The fourth-order valence-electron chi connectivity index (χ4n) is 2.68. The Morgan fingerprint density at radius 3 is 2.55 bits per heavy atom. The SMILES string of the molecule is CC(=O)N(c1ccccc1)c1nc(/C=C/C(=O)c2ccc(C)c([N+](=O)[O-])c2)cs1. The first-order valence-electron chi connectivity index (χ1n) is 8.65. The molecule has 0 bridgehead atoms. The molecule has 3 rings (SSSR count). The molecule has 0 atom stereocenters. The summed E-state index contributed by atoms with van der Waals surface area (Å²) in [5.74, 6) is -0.543. The lowest BCUT2D eigenvalue weighted by Gasteiger charge is -2.17. The molecule has 3 aromatic rings. The van der Waals surface area contributed by atoms with Gasteiger partial charge in [-0.25, -0.2) is 4.98 Å². The van der Waals surface area contributed by atoms with Crippen LogP contribution < -0.4 is 4.90 Å². The number of nitro groups is 1. The minimum atomic E-state index is -0.511. The molecule has 0 spiro atoms. The average Bonchev–Trinajstić information content (AvgIpc) is 3.15.